The summed E-state index contributed by atoms with van der Waals surface area (Å²) in [6, 6.07) is 2.13. The van der Waals surface area contributed by atoms with Crippen LogP contribution in [0.1, 0.15) is 25.1 Å². The van der Waals surface area contributed by atoms with Crippen LogP contribution >= 0.6 is 0 Å². The Balaban J connectivity index is 3.02. The zero-order chi connectivity index (χ0) is 13.7. The van der Waals surface area contributed by atoms with Crippen LogP contribution in [0.15, 0.2) is 0 Å². The van der Waals surface area contributed by atoms with Crippen molar-refractivity contribution in [2.75, 3.05) is 24.6 Å². The van der Waals surface area contributed by atoms with Crippen molar-refractivity contribution in [1.82, 2.24) is 9.78 Å². The van der Waals surface area contributed by atoms with Gasteiger partial charge in [0.2, 0.25) is 0 Å². The van der Waals surface area contributed by atoms with E-state index in [4.69, 9.17) is 10.00 Å². The van der Waals surface area contributed by atoms with Crippen molar-refractivity contribution < 1.29 is 9.53 Å². The number of nitriles is 1. The molecule has 0 bridgehead atoms. The minimum absolute atomic E-state index is 0.123. The average molecular weight is 250 g/mol. The van der Waals surface area contributed by atoms with E-state index in [1.807, 2.05) is 6.92 Å². The monoisotopic (exact) mass is 250 g/mol. The van der Waals surface area contributed by atoms with Crippen LogP contribution < -0.4 is 4.90 Å². The third-order valence-electron chi connectivity index (χ3n) is 2.61. The number of aryl methyl sites for hydroxylation is 2. The predicted molar refractivity (Wildman–Crippen MR) is 67.2 cm³/mol. The summed E-state index contributed by atoms with van der Waals surface area (Å²) in [7, 11) is 1.76. The predicted octanol–water partition coefficient (Wildman–Crippen LogP) is 0.990. The largest absolute Gasteiger partial charge is 0.465 e. The molecule has 98 valence electrons. The van der Waals surface area contributed by atoms with E-state index in [1.54, 1.807) is 30.5 Å². The molecule has 0 aliphatic rings. The summed E-state index contributed by atoms with van der Waals surface area (Å²) in [6.07, 6.45) is 0. The van der Waals surface area contributed by atoms with Crippen molar-refractivity contribution >= 4 is 11.8 Å². The summed E-state index contributed by atoms with van der Waals surface area (Å²) in [5.74, 6) is 0.354. The van der Waals surface area contributed by atoms with Crippen LogP contribution in [0.2, 0.25) is 0 Å². The van der Waals surface area contributed by atoms with E-state index in [9.17, 15) is 4.79 Å². The third kappa shape index (κ3) is 2.80. The molecule has 0 N–H and O–H groups in total. The summed E-state index contributed by atoms with van der Waals surface area (Å²) in [5.41, 5.74) is 1.17. The normalized spacial score (nSPS) is 9.94. The second kappa shape index (κ2) is 6.05. The quantitative estimate of drug-likeness (QED) is 0.729. The first-order chi connectivity index (χ1) is 8.54. The molecule has 0 spiro atoms. The second-order valence-electron chi connectivity index (χ2n) is 3.84. The number of esters is 1. The van der Waals surface area contributed by atoms with Crippen molar-refractivity contribution in [2.24, 2.45) is 7.05 Å². The molecule has 18 heavy (non-hydrogen) atoms. The molecule has 6 heteroatoms. The molecule has 0 radical (unpaired) electrons. The van der Waals surface area contributed by atoms with Crippen molar-refractivity contribution in [3.63, 3.8) is 0 Å². The highest BCUT2D eigenvalue weighted by molar-refractivity contribution is 5.76. The third-order valence-corrected chi connectivity index (χ3v) is 2.61. The number of aromatic nitrogens is 2. The van der Waals surface area contributed by atoms with Gasteiger partial charge in [0.1, 0.15) is 24.0 Å². The number of carbonyl (C=O) groups excluding carboxylic acids is 1. The number of rotatable bonds is 5. The summed E-state index contributed by atoms with van der Waals surface area (Å²) in [5, 5.41) is 13.4. The van der Waals surface area contributed by atoms with Crippen molar-refractivity contribution in [3.8, 4) is 6.07 Å². The number of carbonyl (C=O) groups is 1. The van der Waals surface area contributed by atoms with Gasteiger partial charge in [0.25, 0.3) is 0 Å². The van der Waals surface area contributed by atoms with Gasteiger partial charge in [0.05, 0.1) is 12.3 Å². The minimum atomic E-state index is -0.304. The Morgan fingerprint density at radius 3 is 2.72 bits per heavy atom. The molecule has 0 aliphatic heterocycles. The van der Waals surface area contributed by atoms with Gasteiger partial charge in [0.15, 0.2) is 0 Å². The Kier molecular flexibility index (Phi) is 4.72. The number of likely N-dealkylation sites (N-methyl/N-ethyl adjacent to an activating group) is 1. The summed E-state index contributed by atoms with van der Waals surface area (Å²) < 4.78 is 6.54. The molecule has 0 fully saturated rings. The molecule has 0 saturated heterocycles. The lowest BCUT2D eigenvalue weighted by Gasteiger charge is -2.21. The van der Waals surface area contributed by atoms with Gasteiger partial charge in [0, 0.05) is 13.6 Å². The summed E-state index contributed by atoms with van der Waals surface area (Å²) >= 11 is 0. The summed E-state index contributed by atoms with van der Waals surface area (Å²) in [4.78, 5) is 13.3. The van der Waals surface area contributed by atoms with Crippen LogP contribution in [0.3, 0.4) is 0 Å². The molecule has 0 aliphatic carbocycles. The lowest BCUT2D eigenvalue weighted by atomic mass is 10.2. The first kappa shape index (κ1) is 14.0. The molecule has 1 aromatic heterocycles. The highest BCUT2D eigenvalue weighted by Gasteiger charge is 2.20. The van der Waals surface area contributed by atoms with Gasteiger partial charge in [-0.1, -0.05) is 0 Å². The van der Waals surface area contributed by atoms with Gasteiger partial charge < -0.3 is 9.64 Å². The van der Waals surface area contributed by atoms with Gasteiger partial charge in [-0.2, -0.15) is 10.4 Å². The number of hydrogen-bond acceptors (Lipinski definition) is 5. The fraction of sp³-hybridized carbons (Fsp3) is 0.583. The molecule has 6 nitrogen and oxygen atoms in total. The topological polar surface area (TPSA) is 71.2 Å². The van der Waals surface area contributed by atoms with E-state index < -0.39 is 0 Å². The van der Waals surface area contributed by atoms with E-state index in [0.29, 0.717) is 30.2 Å². The van der Waals surface area contributed by atoms with E-state index >= 15 is 0 Å². The van der Waals surface area contributed by atoms with Crippen molar-refractivity contribution in [1.29, 1.82) is 5.26 Å². The molecule has 0 atom stereocenters. The molecule has 1 aromatic rings. The van der Waals surface area contributed by atoms with Gasteiger partial charge in [-0.25, -0.2) is 0 Å². The Morgan fingerprint density at radius 2 is 2.22 bits per heavy atom. The van der Waals surface area contributed by atoms with Crippen LogP contribution in [0.25, 0.3) is 0 Å². The molecule has 1 heterocycles. The maximum atomic E-state index is 11.5. The smallest absolute Gasteiger partial charge is 0.325 e. The van der Waals surface area contributed by atoms with E-state index in [2.05, 4.69) is 11.2 Å². The SMILES string of the molecule is CCOC(=O)CN(CC)c1c(C#N)c(C)nn1C. The Morgan fingerprint density at radius 1 is 1.56 bits per heavy atom. The highest BCUT2D eigenvalue weighted by atomic mass is 16.5. The molecule has 0 saturated carbocycles. The lowest BCUT2D eigenvalue weighted by Crippen LogP contribution is -2.32. The van der Waals surface area contributed by atoms with Crippen LogP contribution in [0.5, 0.6) is 0 Å². The molecular formula is C12H18N4O2. The second-order valence-corrected chi connectivity index (χ2v) is 3.84. The van der Waals surface area contributed by atoms with E-state index in [1.165, 1.54) is 0 Å². The maximum absolute atomic E-state index is 11.5. The first-order valence-corrected chi connectivity index (χ1v) is 5.89. The molecule has 0 unspecified atom stereocenters. The van der Waals surface area contributed by atoms with E-state index in [-0.39, 0.29) is 12.5 Å². The fourth-order valence-electron chi connectivity index (χ4n) is 1.84. The zero-order valence-electron chi connectivity index (χ0n) is 11.2. The summed E-state index contributed by atoms with van der Waals surface area (Å²) in [6.45, 7) is 6.54. The maximum Gasteiger partial charge on any atom is 0.325 e. The molecule has 0 amide bonds. The fourth-order valence-corrected chi connectivity index (χ4v) is 1.84. The molecular weight excluding hydrogens is 232 g/mol. The van der Waals surface area contributed by atoms with Crippen LogP contribution in [-0.2, 0) is 16.6 Å². The van der Waals surface area contributed by atoms with Gasteiger partial charge >= 0.3 is 5.97 Å². The van der Waals surface area contributed by atoms with Crippen LogP contribution in [-0.4, -0.2) is 35.4 Å². The molecule has 1 rings (SSSR count). The van der Waals surface area contributed by atoms with Gasteiger partial charge in [-0.05, 0) is 20.8 Å². The number of nitrogens with zero attached hydrogens (tertiary/aromatic N) is 4. The lowest BCUT2D eigenvalue weighted by molar-refractivity contribution is -0.141. The Labute approximate surface area is 107 Å². The number of anilines is 1. The van der Waals surface area contributed by atoms with E-state index in [0.717, 1.165) is 0 Å². The van der Waals surface area contributed by atoms with Crippen molar-refractivity contribution in [2.45, 2.75) is 20.8 Å². The standard InChI is InChI=1S/C12H18N4O2/c1-5-16(8-11(17)18-6-2)12-10(7-13)9(3)14-15(12)4/h5-6,8H2,1-4H3. The highest BCUT2D eigenvalue weighted by Crippen LogP contribution is 2.21. The number of ether oxygens (including phenoxy) is 1. The minimum Gasteiger partial charge on any atom is -0.465 e. The first-order valence-electron chi connectivity index (χ1n) is 5.89. The molecule has 0 aromatic carbocycles. The van der Waals surface area contributed by atoms with Crippen LogP contribution in [0.4, 0.5) is 5.82 Å². The van der Waals surface area contributed by atoms with Crippen molar-refractivity contribution in [3.05, 3.63) is 11.3 Å². The Hall–Kier alpha value is -2.03. The zero-order valence-corrected chi connectivity index (χ0v) is 11.2. The number of hydrogen-bond donors (Lipinski definition) is 0. The average Bonchev–Trinajstić information content (AvgIpc) is 2.61. The van der Waals surface area contributed by atoms with Gasteiger partial charge in [-0.3, -0.25) is 9.48 Å². The van der Waals surface area contributed by atoms with Gasteiger partial charge in [-0.15, -0.1) is 0 Å². The Bertz CT molecular complexity index is 473. The van der Waals surface area contributed by atoms with Crippen LogP contribution in [0, 0.1) is 18.3 Å².